The van der Waals surface area contributed by atoms with Gasteiger partial charge >= 0.3 is 0 Å². The molecule has 0 aliphatic carbocycles. The van der Waals surface area contributed by atoms with Crippen LogP contribution in [0.25, 0.3) is 40.3 Å². The topological polar surface area (TPSA) is 12.9 Å². The zero-order valence-electron chi connectivity index (χ0n) is 21.4. The van der Waals surface area contributed by atoms with Gasteiger partial charge in [0.25, 0.3) is 0 Å². The lowest BCUT2D eigenvalue weighted by Gasteiger charge is -1.95. The van der Waals surface area contributed by atoms with Crippen molar-refractivity contribution in [3.63, 3.8) is 0 Å². The van der Waals surface area contributed by atoms with Gasteiger partial charge in [-0.2, -0.15) is 0 Å². The molecular weight excluding hydrogens is 503 g/mol. The number of benzene rings is 1. The Labute approximate surface area is 226 Å². The van der Waals surface area contributed by atoms with E-state index in [0.717, 1.165) is 0 Å². The van der Waals surface area contributed by atoms with E-state index >= 15 is 0 Å². The zero-order valence-corrected chi connectivity index (χ0v) is 24.6. The van der Waals surface area contributed by atoms with E-state index < -0.39 is 0 Å². The van der Waals surface area contributed by atoms with Crippen LogP contribution in [0.5, 0.6) is 0 Å². The van der Waals surface area contributed by atoms with Crippen molar-refractivity contribution in [2.45, 2.75) is 97.8 Å². The fourth-order valence-corrected chi connectivity index (χ4v) is 9.69. The summed E-state index contributed by atoms with van der Waals surface area (Å²) in [6.45, 7) is 6.87. The first kappa shape index (κ1) is 25.4. The first-order valence-corrected chi connectivity index (χ1v) is 16.8. The third-order valence-corrected chi connectivity index (χ3v) is 11.8. The number of aryl methyl sites for hydroxylation is 3. The Morgan fingerprint density at radius 2 is 1.14 bits per heavy atom. The van der Waals surface area contributed by atoms with Gasteiger partial charge in [-0.1, -0.05) is 59.3 Å². The number of fused-ring (bicyclic) bond motifs is 6. The number of unbranched alkanes of at least 4 members (excludes halogenated alkanes) is 6. The molecule has 4 heterocycles. The summed E-state index contributed by atoms with van der Waals surface area (Å²) in [4.78, 5) is 11.2. The Bertz CT molecular complexity index is 1310. The summed E-state index contributed by atoms with van der Waals surface area (Å²) >= 11 is 7.91. The van der Waals surface area contributed by atoms with Crippen LogP contribution in [0.3, 0.4) is 0 Å². The molecule has 1 aromatic carbocycles. The molecular formula is C30H37NS4. The molecule has 0 radical (unpaired) electrons. The lowest BCUT2D eigenvalue weighted by Crippen LogP contribution is -1.79. The molecule has 1 nitrogen and oxygen atoms in total. The first-order valence-electron chi connectivity index (χ1n) is 13.6. The minimum Gasteiger partial charge on any atom is -0.234 e. The van der Waals surface area contributed by atoms with Crippen LogP contribution in [0.4, 0.5) is 0 Å². The van der Waals surface area contributed by atoms with Crippen LogP contribution in [0, 0.1) is 0 Å². The molecule has 0 saturated carbocycles. The maximum absolute atomic E-state index is 5.31. The molecule has 35 heavy (non-hydrogen) atoms. The number of nitrogens with zero attached hydrogens (tertiary/aromatic N) is 1. The summed E-state index contributed by atoms with van der Waals surface area (Å²) in [6, 6.07) is 9.65. The lowest BCUT2D eigenvalue weighted by molar-refractivity contribution is 0.722. The molecule has 0 saturated heterocycles. The van der Waals surface area contributed by atoms with Gasteiger partial charge in [-0.15, -0.1) is 45.3 Å². The Kier molecular flexibility index (Phi) is 8.59. The first-order chi connectivity index (χ1) is 17.2. The fraction of sp³-hybridized carbons (Fsp3) is 0.500. The van der Waals surface area contributed by atoms with Gasteiger partial charge in [0.1, 0.15) is 10.5 Å². The molecule has 0 aliphatic heterocycles. The highest BCUT2D eigenvalue weighted by atomic mass is 32.1. The highest BCUT2D eigenvalue weighted by Crippen LogP contribution is 2.47. The highest BCUT2D eigenvalue weighted by Gasteiger charge is 2.20. The van der Waals surface area contributed by atoms with Gasteiger partial charge in [-0.3, -0.25) is 0 Å². The average Bonchev–Trinajstić information content (AvgIpc) is 3.63. The largest absolute Gasteiger partial charge is 0.234 e. The van der Waals surface area contributed by atoms with E-state index in [1.165, 1.54) is 127 Å². The number of aromatic nitrogens is 1. The van der Waals surface area contributed by atoms with Gasteiger partial charge < -0.3 is 0 Å². The number of hydrogen-bond acceptors (Lipinski definition) is 5. The van der Waals surface area contributed by atoms with Crippen LogP contribution < -0.4 is 0 Å². The molecule has 0 fully saturated rings. The Morgan fingerprint density at radius 3 is 1.77 bits per heavy atom. The van der Waals surface area contributed by atoms with E-state index in [9.17, 15) is 0 Å². The van der Waals surface area contributed by atoms with Crippen molar-refractivity contribution < 1.29 is 0 Å². The predicted octanol–water partition coefficient (Wildman–Crippen LogP) is 11.7. The second-order valence-corrected chi connectivity index (χ2v) is 14.2. The normalized spacial score (nSPS) is 12.1. The van der Waals surface area contributed by atoms with Crippen molar-refractivity contribution in [3.8, 4) is 9.88 Å². The fourth-order valence-electron chi connectivity index (χ4n) is 4.88. The molecule has 0 bridgehead atoms. The Hall–Kier alpha value is -1.27. The number of thiazole rings is 1. The maximum Gasteiger partial charge on any atom is 0.134 e. The summed E-state index contributed by atoms with van der Waals surface area (Å²) in [6.07, 6.45) is 15.3. The van der Waals surface area contributed by atoms with Crippen LogP contribution in [0.2, 0.25) is 0 Å². The summed E-state index contributed by atoms with van der Waals surface area (Å²) in [7, 11) is 0. The monoisotopic (exact) mass is 539 g/mol. The lowest BCUT2D eigenvalue weighted by atomic mass is 10.1. The Balaban J connectivity index is 1.58. The van der Waals surface area contributed by atoms with Gasteiger partial charge in [0.15, 0.2) is 0 Å². The third kappa shape index (κ3) is 5.53. The van der Waals surface area contributed by atoms with E-state index in [1.807, 2.05) is 45.3 Å². The minimum absolute atomic E-state index is 1.20. The van der Waals surface area contributed by atoms with Gasteiger partial charge in [0.2, 0.25) is 0 Å². The van der Waals surface area contributed by atoms with Gasteiger partial charge in [0, 0.05) is 25.4 Å². The molecule has 4 aromatic heterocycles. The number of thiophene rings is 3. The number of hydrogen-bond donors (Lipinski definition) is 0. The highest BCUT2D eigenvalue weighted by molar-refractivity contribution is 7.31. The quantitative estimate of drug-likeness (QED) is 0.136. The molecule has 5 heteroatoms. The molecule has 0 amide bonds. The molecule has 5 aromatic rings. The van der Waals surface area contributed by atoms with Crippen molar-refractivity contribution in [3.05, 3.63) is 38.9 Å². The molecule has 186 valence electrons. The van der Waals surface area contributed by atoms with Crippen LogP contribution in [-0.4, -0.2) is 4.98 Å². The van der Waals surface area contributed by atoms with Crippen LogP contribution in [-0.2, 0) is 19.3 Å². The maximum atomic E-state index is 5.31. The zero-order chi connectivity index (χ0) is 24.2. The van der Waals surface area contributed by atoms with Crippen molar-refractivity contribution in [1.29, 1.82) is 0 Å². The summed E-state index contributed by atoms with van der Waals surface area (Å²) in [5, 5.41) is 4.14. The second kappa shape index (κ2) is 11.9. The predicted molar refractivity (Wildman–Crippen MR) is 163 cm³/mol. The van der Waals surface area contributed by atoms with Crippen LogP contribution >= 0.6 is 45.3 Å². The van der Waals surface area contributed by atoms with Crippen LogP contribution in [0.1, 0.15) is 93.2 Å². The molecule has 5 rings (SSSR count). The molecule has 0 atom stereocenters. The smallest absolute Gasteiger partial charge is 0.134 e. The Morgan fingerprint density at radius 1 is 0.571 bits per heavy atom. The summed E-state index contributed by atoms with van der Waals surface area (Å²) in [5.74, 6) is 0. The average molecular weight is 540 g/mol. The molecule has 0 aliphatic rings. The van der Waals surface area contributed by atoms with E-state index in [0.29, 0.717) is 0 Å². The summed E-state index contributed by atoms with van der Waals surface area (Å²) in [5.41, 5.74) is 1.25. The van der Waals surface area contributed by atoms with Crippen molar-refractivity contribution in [2.24, 2.45) is 0 Å². The molecule has 0 N–H and O–H groups in total. The van der Waals surface area contributed by atoms with Gasteiger partial charge in [0.05, 0.1) is 19.0 Å². The van der Waals surface area contributed by atoms with Gasteiger partial charge in [-0.05, 0) is 62.8 Å². The van der Waals surface area contributed by atoms with Crippen molar-refractivity contribution in [2.75, 3.05) is 0 Å². The standard InChI is InChI=1S/C30H37NS4/c1-4-7-10-13-20-16-17-25(32-20)30-31-26-27-23(18-21(33-27)14-11-8-5-2)24-19-22(15-12-9-6-3)34-28(24)29(26)35-30/h16-19H,4-15H2,1-3H3. The van der Waals surface area contributed by atoms with E-state index in [1.54, 1.807) is 4.88 Å². The van der Waals surface area contributed by atoms with Gasteiger partial charge in [-0.25, -0.2) is 4.98 Å². The van der Waals surface area contributed by atoms with E-state index in [4.69, 9.17) is 4.98 Å². The molecule has 0 spiro atoms. The summed E-state index contributed by atoms with van der Waals surface area (Å²) < 4.78 is 4.30. The number of rotatable bonds is 13. The SMILES string of the molecule is CCCCCc1ccc(-c2nc3c4sc(CCCCC)cc4c4cc(CCCCC)sc4c3s2)s1. The van der Waals surface area contributed by atoms with Crippen molar-refractivity contribution >= 4 is 75.7 Å². The van der Waals surface area contributed by atoms with Crippen LogP contribution in [0.15, 0.2) is 24.3 Å². The molecule has 0 unspecified atom stereocenters. The van der Waals surface area contributed by atoms with E-state index in [-0.39, 0.29) is 0 Å². The second-order valence-electron chi connectivity index (χ2n) is 9.75. The van der Waals surface area contributed by atoms with Crippen molar-refractivity contribution in [1.82, 2.24) is 4.98 Å². The van der Waals surface area contributed by atoms with E-state index in [2.05, 4.69) is 45.0 Å². The third-order valence-electron chi connectivity index (χ3n) is 6.86. The minimum atomic E-state index is 1.20.